The first-order chi connectivity index (χ1) is 14.7. The Labute approximate surface area is 174 Å². The number of rotatable bonds is 7. The molecule has 0 spiro atoms. The summed E-state index contributed by atoms with van der Waals surface area (Å²) in [5, 5.41) is 15.6. The summed E-state index contributed by atoms with van der Waals surface area (Å²) in [5.74, 6) is 3.20. The van der Waals surface area contributed by atoms with Gasteiger partial charge < -0.3 is 24.3 Å². The molecule has 1 aliphatic rings. The zero-order valence-corrected chi connectivity index (χ0v) is 17.5. The highest BCUT2D eigenvalue weighted by molar-refractivity contribution is 5.55. The highest BCUT2D eigenvalue weighted by Gasteiger charge is 2.32. The number of ether oxygens (including phenoxy) is 4. The van der Waals surface area contributed by atoms with Crippen molar-refractivity contribution in [2.45, 2.75) is 25.4 Å². The molecule has 1 aromatic heterocycles. The highest BCUT2D eigenvalue weighted by atomic mass is 16.5. The van der Waals surface area contributed by atoms with Gasteiger partial charge >= 0.3 is 0 Å². The van der Waals surface area contributed by atoms with Crippen LogP contribution in [0.4, 0.5) is 5.95 Å². The van der Waals surface area contributed by atoms with Crippen LogP contribution in [0.2, 0.25) is 0 Å². The van der Waals surface area contributed by atoms with Crippen molar-refractivity contribution in [3.8, 4) is 23.0 Å². The Morgan fingerprint density at radius 1 is 1.00 bits per heavy atom. The van der Waals surface area contributed by atoms with Gasteiger partial charge in [0.1, 0.15) is 5.75 Å². The van der Waals surface area contributed by atoms with Crippen molar-refractivity contribution in [3.05, 3.63) is 47.5 Å². The molecule has 2 heterocycles. The summed E-state index contributed by atoms with van der Waals surface area (Å²) in [6, 6.07) is 11.9. The molecule has 0 saturated heterocycles. The van der Waals surface area contributed by atoms with Gasteiger partial charge in [0.05, 0.1) is 40.0 Å². The first-order valence-corrected chi connectivity index (χ1v) is 9.75. The summed E-state index contributed by atoms with van der Waals surface area (Å²) < 4.78 is 23.9. The zero-order chi connectivity index (χ0) is 21.1. The molecular weight excluding hydrogens is 386 g/mol. The van der Waals surface area contributed by atoms with E-state index >= 15 is 0 Å². The molecule has 3 aromatic rings. The lowest BCUT2D eigenvalue weighted by Crippen LogP contribution is -2.28. The fourth-order valence-corrected chi connectivity index (χ4v) is 3.79. The summed E-state index contributed by atoms with van der Waals surface area (Å²) in [4.78, 5) is 0. The van der Waals surface area contributed by atoms with Gasteiger partial charge in [-0.2, -0.15) is 0 Å². The third-order valence-corrected chi connectivity index (χ3v) is 5.22. The molecule has 0 unspecified atom stereocenters. The van der Waals surface area contributed by atoms with Crippen LogP contribution in [0.3, 0.4) is 0 Å². The number of nitrogens with zero attached hydrogens (tertiary/aromatic N) is 4. The van der Waals surface area contributed by atoms with Crippen molar-refractivity contribution in [1.82, 2.24) is 20.2 Å². The number of hydrogen-bond donors (Lipinski definition) is 1. The average Bonchev–Trinajstić information content (AvgIpc) is 3.27. The SMILES string of the molecule is CCOc1ccc([C@@H]2C[C@H](c3cc(OC)c(OC)c(OC)c3)n3nnnc3N2)cc1. The summed E-state index contributed by atoms with van der Waals surface area (Å²) in [7, 11) is 4.80. The van der Waals surface area contributed by atoms with E-state index in [4.69, 9.17) is 18.9 Å². The van der Waals surface area contributed by atoms with E-state index in [1.54, 1.807) is 26.0 Å². The first-order valence-electron chi connectivity index (χ1n) is 9.75. The van der Waals surface area contributed by atoms with Crippen LogP contribution in [-0.4, -0.2) is 48.1 Å². The van der Waals surface area contributed by atoms with Gasteiger partial charge in [0.2, 0.25) is 11.7 Å². The molecular formula is C21H25N5O4. The molecule has 9 nitrogen and oxygen atoms in total. The predicted molar refractivity (Wildman–Crippen MR) is 111 cm³/mol. The van der Waals surface area contributed by atoms with Crippen molar-refractivity contribution in [1.29, 1.82) is 0 Å². The van der Waals surface area contributed by atoms with Crippen LogP contribution < -0.4 is 24.3 Å². The molecule has 0 amide bonds. The normalized spacial score (nSPS) is 17.6. The fourth-order valence-electron chi connectivity index (χ4n) is 3.79. The third-order valence-electron chi connectivity index (χ3n) is 5.22. The number of nitrogens with one attached hydrogen (secondary N) is 1. The van der Waals surface area contributed by atoms with Crippen molar-refractivity contribution < 1.29 is 18.9 Å². The smallest absolute Gasteiger partial charge is 0.243 e. The van der Waals surface area contributed by atoms with E-state index in [9.17, 15) is 0 Å². The second kappa shape index (κ2) is 8.48. The van der Waals surface area contributed by atoms with Gasteiger partial charge in [-0.25, -0.2) is 4.68 Å². The van der Waals surface area contributed by atoms with Crippen LogP contribution in [0.25, 0.3) is 0 Å². The monoisotopic (exact) mass is 411 g/mol. The Morgan fingerprint density at radius 3 is 2.30 bits per heavy atom. The molecule has 0 saturated carbocycles. The first kappa shape index (κ1) is 19.8. The lowest BCUT2D eigenvalue weighted by molar-refractivity contribution is 0.321. The van der Waals surface area contributed by atoms with Crippen molar-refractivity contribution in [2.75, 3.05) is 33.3 Å². The van der Waals surface area contributed by atoms with E-state index in [-0.39, 0.29) is 12.1 Å². The predicted octanol–water partition coefficient (Wildman–Crippen LogP) is 3.24. The number of aromatic nitrogens is 4. The molecule has 9 heteroatoms. The Morgan fingerprint density at radius 2 is 1.70 bits per heavy atom. The Kier molecular flexibility index (Phi) is 5.60. The van der Waals surface area contributed by atoms with Crippen LogP contribution in [0.15, 0.2) is 36.4 Å². The fraction of sp³-hybridized carbons (Fsp3) is 0.381. The molecule has 0 fully saturated rings. The molecule has 1 N–H and O–H groups in total. The summed E-state index contributed by atoms with van der Waals surface area (Å²) in [5.41, 5.74) is 2.10. The minimum Gasteiger partial charge on any atom is -0.494 e. The minimum atomic E-state index is -0.110. The maximum absolute atomic E-state index is 5.56. The van der Waals surface area contributed by atoms with Crippen molar-refractivity contribution >= 4 is 5.95 Å². The molecule has 158 valence electrons. The number of methoxy groups -OCH3 is 3. The number of fused-ring (bicyclic) bond motifs is 1. The van der Waals surface area contributed by atoms with Crippen LogP contribution in [0, 0.1) is 0 Å². The number of hydrogen-bond acceptors (Lipinski definition) is 8. The lowest BCUT2D eigenvalue weighted by Gasteiger charge is -2.31. The van der Waals surface area contributed by atoms with E-state index in [2.05, 4.69) is 33.0 Å². The molecule has 4 rings (SSSR count). The van der Waals surface area contributed by atoms with Crippen LogP contribution in [-0.2, 0) is 0 Å². The Bertz CT molecular complexity index is 980. The Hall–Kier alpha value is -3.49. The molecule has 0 bridgehead atoms. The van der Waals surface area contributed by atoms with E-state index in [1.807, 2.05) is 31.2 Å². The maximum Gasteiger partial charge on any atom is 0.243 e. The summed E-state index contributed by atoms with van der Waals surface area (Å²) in [6.07, 6.45) is 0.741. The third kappa shape index (κ3) is 3.58. The van der Waals surface area contributed by atoms with Crippen LogP contribution >= 0.6 is 0 Å². The minimum absolute atomic E-state index is 0.0308. The van der Waals surface area contributed by atoms with E-state index in [0.29, 0.717) is 29.8 Å². The molecule has 30 heavy (non-hydrogen) atoms. The zero-order valence-electron chi connectivity index (χ0n) is 17.5. The molecule has 2 aromatic carbocycles. The Balaban J connectivity index is 1.71. The topological polar surface area (TPSA) is 92.5 Å². The second-order valence-corrected chi connectivity index (χ2v) is 6.86. The molecule has 2 atom stereocenters. The average molecular weight is 411 g/mol. The van der Waals surface area contributed by atoms with Crippen LogP contribution in [0.1, 0.15) is 36.6 Å². The van der Waals surface area contributed by atoms with E-state index in [0.717, 1.165) is 23.3 Å². The molecule has 0 radical (unpaired) electrons. The van der Waals surface area contributed by atoms with Gasteiger partial charge in [-0.1, -0.05) is 17.2 Å². The quantitative estimate of drug-likeness (QED) is 0.633. The summed E-state index contributed by atoms with van der Waals surface area (Å²) >= 11 is 0. The van der Waals surface area contributed by atoms with Gasteiger partial charge in [0.15, 0.2) is 11.5 Å². The van der Waals surface area contributed by atoms with Crippen molar-refractivity contribution in [3.63, 3.8) is 0 Å². The van der Waals surface area contributed by atoms with Crippen LogP contribution in [0.5, 0.6) is 23.0 Å². The van der Waals surface area contributed by atoms with E-state index in [1.165, 1.54) is 0 Å². The highest BCUT2D eigenvalue weighted by Crippen LogP contribution is 2.44. The number of benzene rings is 2. The van der Waals surface area contributed by atoms with Gasteiger partial charge in [-0.3, -0.25) is 0 Å². The standard InChI is InChI=1S/C21H25N5O4/c1-5-30-15-8-6-13(7-9-15)16-12-17(26-21(22-16)23-24-25-26)14-10-18(27-2)20(29-4)19(11-14)28-3/h6-11,16-17H,5,12H2,1-4H3,(H,22,23,25)/t16-,17+/m0/s1. The summed E-state index contributed by atoms with van der Waals surface area (Å²) in [6.45, 7) is 2.61. The van der Waals surface area contributed by atoms with E-state index < -0.39 is 0 Å². The number of anilines is 1. The lowest BCUT2D eigenvalue weighted by atomic mass is 9.93. The maximum atomic E-state index is 5.56. The molecule has 1 aliphatic heterocycles. The van der Waals surface area contributed by atoms with Gasteiger partial charge in [0, 0.05) is 0 Å². The van der Waals surface area contributed by atoms with Gasteiger partial charge in [-0.15, -0.1) is 0 Å². The van der Waals surface area contributed by atoms with Crippen molar-refractivity contribution in [2.24, 2.45) is 0 Å². The largest absolute Gasteiger partial charge is 0.494 e. The second-order valence-electron chi connectivity index (χ2n) is 6.86. The van der Waals surface area contributed by atoms with Gasteiger partial charge in [0.25, 0.3) is 0 Å². The van der Waals surface area contributed by atoms with Gasteiger partial charge in [-0.05, 0) is 59.2 Å². The molecule has 0 aliphatic carbocycles. The number of tetrazole rings is 1.